The molecule has 0 bridgehead atoms. The molecule has 0 atom stereocenters. The van der Waals surface area contributed by atoms with Gasteiger partial charge in [-0.05, 0) is 36.7 Å². The molecule has 1 heterocycles. The number of hydrogen-bond acceptors (Lipinski definition) is 1. The Morgan fingerprint density at radius 1 is 0.255 bits per heavy atom. The van der Waals surface area contributed by atoms with Crippen molar-refractivity contribution < 1.29 is 4.42 Å². The number of furan rings is 1. The van der Waals surface area contributed by atoms with Crippen molar-refractivity contribution in [3.8, 4) is 22.5 Å². The van der Waals surface area contributed by atoms with Gasteiger partial charge in [-0.15, -0.1) is 0 Å². The summed E-state index contributed by atoms with van der Waals surface area (Å²) < 4.78 is 7.98. The van der Waals surface area contributed by atoms with Crippen LogP contribution >= 0.6 is 0 Å². The van der Waals surface area contributed by atoms with E-state index in [0.29, 0.717) is 0 Å². The molecule has 0 N–H and O–H groups in total. The van der Waals surface area contributed by atoms with Gasteiger partial charge in [-0.3, -0.25) is 0 Å². The van der Waals surface area contributed by atoms with E-state index in [-0.39, 0.29) is 0 Å². The average molecular weight is 737 g/mol. The minimum absolute atomic E-state index is 0.899. The first-order chi connectivity index (χ1) is 27.3. The predicted molar refractivity (Wildman–Crippen MR) is 237 cm³/mol. The molecule has 8 aromatic carbocycles. The zero-order valence-corrected chi connectivity index (χ0v) is 32.5. The number of benzene rings is 8. The van der Waals surface area contributed by atoms with Crippen molar-refractivity contribution in [3.63, 3.8) is 0 Å². The van der Waals surface area contributed by atoms with E-state index in [4.69, 9.17) is 4.42 Å². The lowest BCUT2D eigenvalue weighted by Gasteiger charge is -2.39. The van der Waals surface area contributed by atoms with Gasteiger partial charge in [0.15, 0.2) is 8.07 Å². The third-order valence-corrected chi connectivity index (χ3v) is 20.7. The standard InChI is InChI=1S/C52H40OSi2/c1-9-25-41(26-10-1)49-50(42-27-11-2-12-28-42)53-52(55(46-35-19-6-20-36-46,47-37-21-7-22-38-47)48-39-23-8-24-40-48)51(49)54(43-29-13-3-14-30-43,44-31-15-4-16-32-44)45-33-17-5-18-34-45/h1-40H. The quantitative estimate of drug-likeness (QED) is 0.106. The average Bonchev–Trinajstić information content (AvgIpc) is 3.68. The summed E-state index contributed by atoms with van der Waals surface area (Å²) in [4.78, 5) is 0. The molecule has 1 nitrogen and oxygen atoms in total. The van der Waals surface area contributed by atoms with Gasteiger partial charge >= 0.3 is 0 Å². The highest BCUT2D eigenvalue weighted by atomic mass is 28.3. The van der Waals surface area contributed by atoms with Crippen LogP contribution in [0.25, 0.3) is 22.5 Å². The minimum Gasteiger partial charge on any atom is -0.464 e. The molecule has 0 amide bonds. The summed E-state index contributed by atoms with van der Waals surface area (Å²) in [5, 5.41) is 10.1. The van der Waals surface area contributed by atoms with Crippen LogP contribution in [0.4, 0.5) is 0 Å². The van der Waals surface area contributed by atoms with Crippen LogP contribution in [-0.4, -0.2) is 16.1 Å². The van der Waals surface area contributed by atoms with Crippen LogP contribution in [0, 0.1) is 0 Å². The van der Waals surface area contributed by atoms with E-state index in [0.717, 1.165) is 27.8 Å². The molecule has 9 rings (SSSR count). The first-order valence-corrected chi connectivity index (χ1v) is 22.9. The maximum Gasteiger partial charge on any atom is 0.223 e. The van der Waals surface area contributed by atoms with E-state index in [9.17, 15) is 0 Å². The maximum atomic E-state index is 7.98. The van der Waals surface area contributed by atoms with E-state index in [1.165, 1.54) is 36.3 Å². The third-order valence-electron chi connectivity index (χ3n) is 11.0. The molecule has 262 valence electrons. The molecule has 0 saturated carbocycles. The van der Waals surface area contributed by atoms with Crippen molar-refractivity contribution >= 4 is 57.8 Å². The second-order valence-corrected chi connectivity index (χ2v) is 21.4. The zero-order valence-electron chi connectivity index (χ0n) is 30.5. The summed E-state index contributed by atoms with van der Waals surface area (Å²) in [6, 6.07) is 89.0. The van der Waals surface area contributed by atoms with Crippen LogP contribution in [0.5, 0.6) is 0 Å². The Hall–Kier alpha value is -6.53. The Morgan fingerprint density at radius 2 is 0.509 bits per heavy atom. The van der Waals surface area contributed by atoms with Crippen molar-refractivity contribution in [2.75, 3.05) is 0 Å². The van der Waals surface area contributed by atoms with Crippen LogP contribution in [0.1, 0.15) is 0 Å². The summed E-state index contributed by atoms with van der Waals surface area (Å²) in [5.41, 5.74) is 3.36. The third kappa shape index (κ3) is 5.86. The highest BCUT2D eigenvalue weighted by molar-refractivity contribution is 7.27. The fourth-order valence-corrected chi connectivity index (χ4v) is 19.4. The first-order valence-electron chi connectivity index (χ1n) is 18.9. The molecular weight excluding hydrogens is 697 g/mol. The fourth-order valence-electron chi connectivity index (χ4n) is 8.68. The molecule has 3 heteroatoms. The van der Waals surface area contributed by atoms with Gasteiger partial charge in [0, 0.05) is 16.3 Å². The molecule has 55 heavy (non-hydrogen) atoms. The van der Waals surface area contributed by atoms with Crippen LogP contribution in [0.15, 0.2) is 247 Å². The van der Waals surface area contributed by atoms with Crippen molar-refractivity contribution in [1.29, 1.82) is 0 Å². The second-order valence-electron chi connectivity index (χ2n) is 13.9. The smallest absolute Gasteiger partial charge is 0.223 e. The van der Waals surface area contributed by atoms with Gasteiger partial charge in [0.25, 0.3) is 0 Å². The topological polar surface area (TPSA) is 13.1 Å². The van der Waals surface area contributed by atoms with Crippen molar-refractivity contribution in [2.24, 2.45) is 0 Å². The summed E-state index contributed by atoms with van der Waals surface area (Å²) in [5.74, 6) is 0.899. The lowest BCUT2D eigenvalue weighted by Crippen LogP contribution is -2.84. The molecular formula is C52H40OSi2. The zero-order chi connectivity index (χ0) is 36.9. The Labute approximate surface area is 325 Å². The van der Waals surface area contributed by atoms with Gasteiger partial charge < -0.3 is 4.42 Å². The van der Waals surface area contributed by atoms with Crippen molar-refractivity contribution in [2.45, 2.75) is 0 Å². The Kier molecular flexibility index (Phi) is 9.39. The normalized spacial score (nSPS) is 11.6. The van der Waals surface area contributed by atoms with Crippen molar-refractivity contribution in [3.05, 3.63) is 243 Å². The molecule has 0 fully saturated rings. The van der Waals surface area contributed by atoms with Gasteiger partial charge in [-0.25, -0.2) is 0 Å². The van der Waals surface area contributed by atoms with Crippen LogP contribution in [0.2, 0.25) is 0 Å². The van der Waals surface area contributed by atoms with E-state index in [1.54, 1.807) is 0 Å². The van der Waals surface area contributed by atoms with Gasteiger partial charge in [-0.1, -0.05) is 243 Å². The molecule has 0 spiro atoms. The molecule has 0 aliphatic carbocycles. The van der Waals surface area contributed by atoms with Crippen LogP contribution in [0.3, 0.4) is 0 Å². The summed E-state index contributed by atoms with van der Waals surface area (Å²) in [6.07, 6.45) is 0. The lowest BCUT2D eigenvalue weighted by molar-refractivity contribution is 0.616. The van der Waals surface area contributed by atoms with E-state index in [1.807, 2.05) is 0 Å². The SMILES string of the molecule is c1ccc(-c2oc([Si](c3ccccc3)(c3ccccc3)c3ccccc3)c([Si](c3ccccc3)(c3ccccc3)c3ccccc3)c2-c2ccccc2)cc1. The first kappa shape index (κ1) is 34.3. The molecule has 0 radical (unpaired) electrons. The molecule has 1 aromatic heterocycles. The molecule has 0 aliphatic heterocycles. The molecule has 0 unspecified atom stereocenters. The van der Waals surface area contributed by atoms with E-state index >= 15 is 0 Å². The summed E-state index contributed by atoms with van der Waals surface area (Å²) in [6.45, 7) is 0. The van der Waals surface area contributed by atoms with Crippen LogP contribution < -0.4 is 41.7 Å². The second kappa shape index (κ2) is 15.1. The maximum absolute atomic E-state index is 7.98. The Morgan fingerprint density at radius 3 is 0.818 bits per heavy atom. The van der Waals surface area contributed by atoms with Gasteiger partial charge in [0.05, 0.1) is 0 Å². The fraction of sp³-hybridized carbons (Fsp3) is 0. The Balaban J connectivity index is 1.61. The Bertz CT molecular complexity index is 2400. The predicted octanol–water partition coefficient (Wildman–Crippen LogP) is 7.37. The monoisotopic (exact) mass is 736 g/mol. The molecule has 0 saturated heterocycles. The van der Waals surface area contributed by atoms with Gasteiger partial charge in [0.1, 0.15) is 11.1 Å². The largest absolute Gasteiger partial charge is 0.464 e. The van der Waals surface area contributed by atoms with Gasteiger partial charge in [-0.2, -0.15) is 0 Å². The highest BCUT2D eigenvalue weighted by Crippen LogP contribution is 2.34. The summed E-state index contributed by atoms with van der Waals surface area (Å²) >= 11 is 0. The lowest BCUT2D eigenvalue weighted by atomic mass is 10.0. The van der Waals surface area contributed by atoms with Crippen LogP contribution in [-0.2, 0) is 0 Å². The molecule has 9 aromatic rings. The van der Waals surface area contributed by atoms with E-state index < -0.39 is 16.1 Å². The molecule has 0 aliphatic rings. The van der Waals surface area contributed by atoms with E-state index in [2.05, 4.69) is 243 Å². The van der Waals surface area contributed by atoms with Crippen molar-refractivity contribution in [1.82, 2.24) is 0 Å². The highest BCUT2D eigenvalue weighted by Gasteiger charge is 2.54. The summed E-state index contributed by atoms with van der Waals surface area (Å²) in [7, 11) is -6.51. The number of hydrogen-bond donors (Lipinski definition) is 0. The number of rotatable bonds is 10. The minimum atomic E-state index is -3.26. The van der Waals surface area contributed by atoms with Gasteiger partial charge in [0.2, 0.25) is 8.07 Å².